The minimum Gasteiger partial charge on any atom is -0.362 e. The van der Waals surface area contributed by atoms with Gasteiger partial charge in [-0.05, 0) is 19.8 Å². The van der Waals surface area contributed by atoms with Crippen LogP contribution in [0.15, 0.2) is 0 Å². The molecule has 1 aliphatic rings. The van der Waals surface area contributed by atoms with Crippen LogP contribution in [0.4, 0.5) is 0 Å². The Kier molecular flexibility index (Phi) is 5.95. The van der Waals surface area contributed by atoms with Crippen molar-refractivity contribution >= 4 is 5.91 Å². The Bertz CT molecular complexity index is 280. The summed E-state index contributed by atoms with van der Waals surface area (Å²) in [6, 6.07) is 2.37. The molecule has 17 heavy (non-hydrogen) atoms. The predicted octanol–water partition coefficient (Wildman–Crippen LogP) is 0.516. The molecule has 96 valence electrons. The second kappa shape index (κ2) is 7.25. The molecule has 1 amide bonds. The van der Waals surface area contributed by atoms with Crippen molar-refractivity contribution in [1.29, 1.82) is 5.26 Å². The van der Waals surface area contributed by atoms with Crippen molar-refractivity contribution in [2.24, 2.45) is 0 Å². The fourth-order valence-corrected chi connectivity index (χ4v) is 1.98. The largest absolute Gasteiger partial charge is 0.362 e. The molecule has 1 atom stereocenters. The van der Waals surface area contributed by atoms with E-state index in [-0.39, 0.29) is 12.0 Å². The normalized spacial score (nSPS) is 19.6. The number of carbonyl (C=O) groups is 1. The lowest BCUT2D eigenvalue weighted by Gasteiger charge is -2.32. The maximum absolute atomic E-state index is 10.9. The van der Waals surface area contributed by atoms with E-state index in [2.05, 4.69) is 10.2 Å². The number of nitriles is 1. The average Bonchev–Trinajstić information content (AvgIpc) is 2.30. The average molecular weight is 239 g/mol. The van der Waals surface area contributed by atoms with Gasteiger partial charge in [-0.1, -0.05) is 0 Å². The fourth-order valence-electron chi connectivity index (χ4n) is 1.98. The van der Waals surface area contributed by atoms with Crippen LogP contribution in [0.25, 0.3) is 0 Å². The molecule has 0 aromatic rings. The first-order valence-electron chi connectivity index (χ1n) is 6.12. The van der Waals surface area contributed by atoms with Crippen LogP contribution < -0.4 is 5.32 Å². The molecule has 0 radical (unpaired) electrons. The fraction of sp³-hybridized carbons (Fsp3) is 0.833. The van der Waals surface area contributed by atoms with Gasteiger partial charge in [0.25, 0.3) is 0 Å². The number of nitrogens with zero attached hydrogens (tertiary/aromatic N) is 2. The lowest BCUT2D eigenvalue weighted by Crippen LogP contribution is -2.44. The van der Waals surface area contributed by atoms with Gasteiger partial charge in [0.15, 0.2) is 0 Å². The van der Waals surface area contributed by atoms with E-state index in [0.717, 1.165) is 32.5 Å². The third-order valence-corrected chi connectivity index (χ3v) is 2.95. The van der Waals surface area contributed by atoms with E-state index in [4.69, 9.17) is 10.00 Å². The molecular weight excluding hydrogens is 218 g/mol. The monoisotopic (exact) mass is 239 g/mol. The van der Waals surface area contributed by atoms with Crippen molar-refractivity contribution in [2.45, 2.75) is 38.8 Å². The molecule has 0 spiro atoms. The number of likely N-dealkylation sites (tertiary alicyclic amines) is 1. The van der Waals surface area contributed by atoms with E-state index in [1.165, 1.54) is 0 Å². The topological polar surface area (TPSA) is 65.4 Å². The number of ether oxygens (including phenoxy) is 1. The summed E-state index contributed by atoms with van der Waals surface area (Å²) in [4.78, 5) is 13.2. The molecule has 0 bridgehead atoms. The van der Waals surface area contributed by atoms with Crippen molar-refractivity contribution < 1.29 is 9.53 Å². The highest BCUT2D eigenvalue weighted by Crippen LogP contribution is 2.09. The lowest BCUT2D eigenvalue weighted by molar-refractivity contribution is -0.120. The Balaban J connectivity index is 2.11. The van der Waals surface area contributed by atoms with E-state index in [9.17, 15) is 4.79 Å². The van der Waals surface area contributed by atoms with Crippen LogP contribution in [0.3, 0.4) is 0 Å². The Hall–Kier alpha value is -1.12. The maximum Gasteiger partial charge on any atom is 0.217 e. The molecule has 1 heterocycles. The van der Waals surface area contributed by atoms with Crippen LogP contribution in [0.1, 0.15) is 26.7 Å². The number of carbonyl (C=O) groups excluding carboxylic acids is 1. The molecule has 1 rings (SSSR count). The van der Waals surface area contributed by atoms with E-state index in [0.29, 0.717) is 12.6 Å². The van der Waals surface area contributed by atoms with Crippen molar-refractivity contribution in [3.8, 4) is 6.07 Å². The zero-order valence-electron chi connectivity index (χ0n) is 10.6. The molecule has 1 aliphatic heterocycles. The molecule has 1 unspecified atom stereocenters. The first-order valence-corrected chi connectivity index (χ1v) is 6.12. The molecule has 0 saturated carbocycles. The minimum absolute atomic E-state index is 0.0506. The zero-order chi connectivity index (χ0) is 12.7. The Morgan fingerprint density at radius 3 is 2.76 bits per heavy atom. The van der Waals surface area contributed by atoms with Crippen molar-refractivity contribution in [3.63, 3.8) is 0 Å². The first kappa shape index (κ1) is 13.9. The summed E-state index contributed by atoms with van der Waals surface area (Å²) in [7, 11) is 0. The Labute approximate surface area is 103 Å². The van der Waals surface area contributed by atoms with Crippen LogP contribution >= 0.6 is 0 Å². The summed E-state index contributed by atoms with van der Waals surface area (Å²) < 4.78 is 5.31. The van der Waals surface area contributed by atoms with Gasteiger partial charge < -0.3 is 15.0 Å². The van der Waals surface area contributed by atoms with Crippen LogP contribution in [0.2, 0.25) is 0 Å². The highest BCUT2D eigenvalue weighted by atomic mass is 16.5. The molecule has 0 aromatic heterocycles. The van der Waals surface area contributed by atoms with E-state index < -0.39 is 0 Å². The Morgan fingerprint density at radius 2 is 2.24 bits per heavy atom. The summed E-state index contributed by atoms with van der Waals surface area (Å²) in [5, 5.41) is 11.5. The van der Waals surface area contributed by atoms with Gasteiger partial charge in [-0.3, -0.25) is 4.79 Å². The van der Waals surface area contributed by atoms with Gasteiger partial charge >= 0.3 is 0 Å². The standard InChI is InChI=1S/C12H21N3O2/c1-10(9-13)17-8-7-15-5-3-12(4-6-15)14-11(2)16/h10,12H,3-8H2,1-2H3,(H,14,16). The van der Waals surface area contributed by atoms with Gasteiger partial charge in [-0.25, -0.2) is 0 Å². The number of nitrogens with one attached hydrogen (secondary N) is 1. The molecule has 1 N–H and O–H groups in total. The zero-order valence-corrected chi connectivity index (χ0v) is 10.6. The number of piperidine rings is 1. The highest BCUT2D eigenvalue weighted by molar-refractivity contribution is 5.73. The molecule has 5 nitrogen and oxygen atoms in total. The number of hydrogen-bond acceptors (Lipinski definition) is 4. The van der Waals surface area contributed by atoms with Crippen molar-refractivity contribution in [3.05, 3.63) is 0 Å². The number of amides is 1. The van der Waals surface area contributed by atoms with Crippen LogP contribution in [0.5, 0.6) is 0 Å². The van der Waals surface area contributed by atoms with Gasteiger partial charge in [-0.15, -0.1) is 0 Å². The maximum atomic E-state index is 10.9. The molecule has 1 saturated heterocycles. The second-order valence-electron chi connectivity index (χ2n) is 4.46. The summed E-state index contributed by atoms with van der Waals surface area (Å²) >= 11 is 0. The smallest absolute Gasteiger partial charge is 0.217 e. The third kappa shape index (κ3) is 5.66. The molecule has 0 aromatic carbocycles. The molecule has 0 aliphatic carbocycles. The number of hydrogen-bond donors (Lipinski definition) is 1. The SMILES string of the molecule is CC(=O)NC1CCN(CCOC(C)C#N)CC1. The van der Waals surface area contributed by atoms with E-state index in [1.807, 2.05) is 6.07 Å². The second-order valence-corrected chi connectivity index (χ2v) is 4.46. The van der Waals surface area contributed by atoms with Crippen molar-refractivity contribution in [1.82, 2.24) is 10.2 Å². The minimum atomic E-state index is -0.327. The van der Waals surface area contributed by atoms with Gasteiger partial charge in [0, 0.05) is 32.6 Å². The van der Waals surface area contributed by atoms with Crippen LogP contribution in [-0.2, 0) is 9.53 Å². The van der Waals surface area contributed by atoms with Crippen LogP contribution in [0, 0.1) is 11.3 Å². The van der Waals surface area contributed by atoms with E-state index >= 15 is 0 Å². The number of rotatable bonds is 5. The Morgan fingerprint density at radius 1 is 1.59 bits per heavy atom. The summed E-state index contributed by atoms with van der Waals surface area (Å²) in [5.74, 6) is 0.0506. The summed E-state index contributed by atoms with van der Waals surface area (Å²) in [5.41, 5.74) is 0. The van der Waals surface area contributed by atoms with Crippen molar-refractivity contribution in [2.75, 3.05) is 26.2 Å². The van der Waals surface area contributed by atoms with Gasteiger partial charge in [0.05, 0.1) is 12.7 Å². The van der Waals surface area contributed by atoms with Crippen LogP contribution in [-0.4, -0.2) is 49.2 Å². The first-order chi connectivity index (χ1) is 8.11. The third-order valence-electron chi connectivity index (χ3n) is 2.95. The summed E-state index contributed by atoms with van der Waals surface area (Å²) in [6.45, 7) is 6.73. The van der Waals surface area contributed by atoms with E-state index in [1.54, 1.807) is 13.8 Å². The highest BCUT2D eigenvalue weighted by Gasteiger charge is 2.19. The molecule has 5 heteroatoms. The van der Waals surface area contributed by atoms with Gasteiger partial charge in [-0.2, -0.15) is 5.26 Å². The molecule has 1 fully saturated rings. The molecular formula is C12H21N3O2. The van der Waals surface area contributed by atoms with Gasteiger partial charge in [0.1, 0.15) is 6.10 Å². The summed E-state index contributed by atoms with van der Waals surface area (Å²) in [6.07, 6.45) is 1.66. The predicted molar refractivity (Wildman–Crippen MR) is 64.3 cm³/mol. The lowest BCUT2D eigenvalue weighted by atomic mass is 10.1. The van der Waals surface area contributed by atoms with Gasteiger partial charge in [0.2, 0.25) is 5.91 Å². The quantitative estimate of drug-likeness (QED) is 0.759.